The van der Waals surface area contributed by atoms with Crippen molar-refractivity contribution in [2.45, 2.75) is 25.4 Å². The highest BCUT2D eigenvalue weighted by molar-refractivity contribution is 5.01. The maximum Gasteiger partial charge on any atom is 0.222 e. The quantitative estimate of drug-likeness (QED) is 0.609. The first kappa shape index (κ1) is 11.4. The van der Waals surface area contributed by atoms with Crippen LogP contribution in [0.25, 0.3) is 0 Å². The number of aliphatic hydroxyl groups is 1. The van der Waals surface area contributed by atoms with Crippen LogP contribution >= 0.6 is 0 Å². The first-order chi connectivity index (χ1) is 7.77. The van der Waals surface area contributed by atoms with Crippen LogP contribution in [0.1, 0.15) is 31.1 Å². The minimum Gasteiger partial charge on any atom is -0.618 e. The number of pyridine rings is 1. The molecule has 1 fully saturated rings. The zero-order chi connectivity index (χ0) is 11.4. The van der Waals surface area contributed by atoms with Gasteiger partial charge in [-0.2, -0.15) is 4.73 Å². The lowest BCUT2D eigenvalue weighted by Crippen LogP contribution is -2.39. The SMILES string of the molecule is [O-][n+]1ccccc1C(O)CN1CCCCC1. The van der Waals surface area contributed by atoms with Gasteiger partial charge >= 0.3 is 0 Å². The molecule has 1 aliphatic heterocycles. The Morgan fingerprint density at radius 3 is 2.75 bits per heavy atom. The van der Waals surface area contributed by atoms with E-state index in [1.165, 1.54) is 25.5 Å². The maximum absolute atomic E-state index is 11.4. The number of hydrogen-bond donors (Lipinski definition) is 1. The summed E-state index contributed by atoms with van der Waals surface area (Å²) < 4.78 is 0.745. The van der Waals surface area contributed by atoms with Crippen molar-refractivity contribution in [1.82, 2.24) is 4.90 Å². The zero-order valence-electron chi connectivity index (χ0n) is 9.38. The summed E-state index contributed by atoms with van der Waals surface area (Å²) >= 11 is 0. The number of likely N-dealkylation sites (tertiary alicyclic amines) is 1. The molecular formula is C12H18N2O2. The van der Waals surface area contributed by atoms with E-state index in [4.69, 9.17) is 0 Å². The van der Waals surface area contributed by atoms with Gasteiger partial charge in [-0.15, -0.1) is 0 Å². The van der Waals surface area contributed by atoms with E-state index < -0.39 is 6.10 Å². The molecule has 2 heterocycles. The number of aliphatic hydroxyl groups excluding tert-OH is 1. The number of β-amino-alcohol motifs (C(OH)–C–C–N with tert-alkyl or cyclic N) is 1. The predicted octanol–water partition coefficient (Wildman–Crippen LogP) is 0.839. The molecule has 0 amide bonds. The van der Waals surface area contributed by atoms with E-state index in [1.54, 1.807) is 18.2 Å². The van der Waals surface area contributed by atoms with Gasteiger partial charge in [-0.1, -0.05) is 6.42 Å². The Morgan fingerprint density at radius 1 is 1.31 bits per heavy atom. The van der Waals surface area contributed by atoms with Crippen LogP contribution < -0.4 is 4.73 Å². The summed E-state index contributed by atoms with van der Waals surface area (Å²) in [6.45, 7) is 2.62. The number of piperidine rings is 1. The lowest BCUT2D eigenvalue weighted by Gasteiger charge is -2.27. The predicted molar refractivity (Wildman–Crippen MR) is 60.7 cm³/mol. The highest BCUT2D eigenvalue weighted by Crippen LogP contribution is 2.14. The van der Waals surface area contributed by atoms with Gasteiger partial charge in [0.1, 0.15) is 0 Å². The molecule has 0 spiro atoms. The number of nitrogens with zero attached hydrogens (tertiary/aromatic N) is 2. The van der Waals surface area contributed by atoms with Crippen molar-refractivity contribution in [3.63, 3.8) is 0 Å². The number of rotatable bonds is 3. The standard InChI is InChI=1S/C12H18N2O2/c15-12(10-13-7-3-1-4-8-13)11-6-2-5-9-14(11)16/h2,5-6,9,12,15H,1,3-4,7-8,10H2. The van der Waals surface area contributed by atoms with Gasteiger partial charge < -0.3 is 15.2 Å². The van der Waals surface area contributed by atoms with E-state index in [9.17, 15) is 10.3 Å². The molecule has 2 rings (SSSR count). The third-order valence-electron chi connectivity index (χ3n) is 3.08. The Hall–Kier alpha value is -1.13. The Morgan fingerprint density at radius 2 is 2.06 bits per heavy atom. The van der Waals surface area contributed by atoms with Crippen molar-refractivity contribution in [3.8, 4) is 0 Å². The van der Waals surface area contributed by atoms with E-state index in [1.807, 2.05) is 0 Å². The molecule has 0 aromatic carbocycles. The molecule has 1 aromatic heterocycles. The van der Waals surface area contributed by atoms with E-state index in [0.717, 1.165) is 17.8 Å². The average molecular weight is 222 g/mol. The molecule has 16 heavy (non-hydrogen) atoms. The fourth-order valence-electron chi connectivity index (χ4n) is 2.18. The highest BCUT2D eigenvalue weighted by Gasteiger charge is 2.20. The van der Waals surface area contributed by atoms with Crippen LogP contribution in [-0.4, -0.2) is 29.6 Å². The molecule has 1 atom stereocenters. The normalized spacial score (nSPS) is 19.6. The van der Waals surface area contributed by atoms with Crippen molar-refractivity contribution in [2.75, 3.05) is 19.6 Å². The van der Waals surface area contributed by atoms with Crippen LogP contribution in [0.15, 0.2) is 24.4 Å². The van der Waals surface area contributed by atoms with Crippen molar-refractivity contribution >= 4 is 0 Å². The Bertz CT molecular complexity index is 338. The smallest absolute Gasteiger partial charge is 0.222 e. The van der Waals surface area contributed by atoms with Gasteiger partial charge in [0.15, 0.2) is 12.3 Å². The summed E-state index contributed by atoms with van der Waals surface area (Å²) in [4.78, 5) is 2.22. The topological polar surface area (TPSA) is 50.4 Å². The van der Waals surface area contributed by atoms with Crippen LogP contribution in [0.5, 0.6) is 0 Å². The summed E-state index contributed by atoms with van der Waals surface area (Å²) in [6.07, 6.45) is 4.41. The molecule has 1 aliphatic rings. The van der Waals surface area contributed by atoms with Gasteiger partial charge in [-0.3, -0.25) is 0 Å². The number of aromatic nitrogens is 1. The van der Waals surface area contributed by atoms with Crippen LogP contribution in [0.3, 0.4) is 0 Å². The second-order valence-corrected chi connectivity index (χ2v) is 4.33. The molecule has 0 aliphatic carbocycles. The third kappa shape index (κ3) is 2.71. The van der Waals surface area contributed by atoms with Gasteiger partial charge in [0, 0.05) is 18.7 Å². The Labute approximate surface area is 95.7 Å². The Balaban J connectivity index is 1.96. The molecule has 1 aromatic rings. The molecule has 1 saturated heterocycles. The summed E-state index contributed by atoms with van der Waals surface area (Å²) in [5.41, 5.74) is 0.438. The van der Waals surface area contributed by atoms with E-state index in [-0.39, 0.29) is 0 Å². The molecule has 0 bridgehead atoms. The summed E-state index contributed by atoms with van der Waals surface area (Å²) in [7, 11) is 0. The summed E-state index contributed by atoms with van der Waals surface area (Å²) in [5.74, 6) is 0. The van der Waals surface area contributed by atoms with E-state index in [2.05, 4.69) is 4.90 Å². The molecule has 4 heteroatoms. The van der Waals surface area contributed by atoms with Crippen LogP contribution in [-0.2, 0) is 0 Å². The molecule has 1 unspecified atom stereocenters. The maximum atomic E-state index is 11.4. The molecule has 88 valence electrons. The van der Waals surface area contributed by atoms with Crippen LogP contribution in [0.2, 0.25) is 0 Å². The van der Waals surface area contributed by atoms with Crippen LogP contribution in [0, 0.1) is 5.21 Å². The minimum atomic E-state index is -0.684. The summed E-state index contributed by atoms with van der Waals surface area (Å²) in [6, 6.07) is 5.13. The molecule has 0 saturated carbocycles. The van der Waals surface area contributed by atoms with Crippen molar-refractivity contribution in [3.05, 3.63) is 35.3 Å². The average Bonchev–Trinajstić information content (AvgIpc) is 2.31. The third-order valence-corrected chi connectivity index (χ3v) is 3.08. The molecule has 1 N–H and O–H groups in total. The van der Waals surface area contributed by atoms with Crippen molar-refractivity contribution < 1.29 is 9.84 Å². The number of hydrogen-bond acceptors (Lipinski definition) is 3. The van der Waals surface area contributed by atoms with E-state index in [0.29, 0.717) is 12.2 Å². The summed E-state index contributed by atoms with van der Waals surface area (Å²) in [5, 5.41) is 21.4. The van der Waals surface area contributed by atoms with Gasteiger partial charge in [-0.05, 0) is 32.0 Å². The second kappa shape index (κ2) is 5.27. The van der Waals surface area contributed by atoms with Gasteiger partial charge in [-0.25, -0.2) is 0 Å². The zero-order valence-corrected chi connectivity index (χ0v) is 9.38. The lowest BCUT2D eigenvalue weighted by atomic mass is 10.1. The minimum absolute atomic E-state index is 0.438. The van der Waals surface area contributed by atoms with Crippen LogP contribution in [0.4, 0.5) is 0 Å². The molecule has 4 nitrogen and oxygen atoms in total. The second-order valence-electron chi connectivity index (χ2n) is 4.33. The fraction of sp³-hybridized carbons (Fsp3) is 0.583. The molecule has 0 radical (unpaired) electrons. The van der Waals surface area contributed by atoms with E-state index >= 15 is 0 Å². The first-order valence-electron chi connectivity index (χ1n) is 5.86. The highest BCUT2D eigenvalue weighted by atomic mass is 16.5. The van der Waals surface area contributed by atoms with Gasteiger partial charge in [0.05, 0.1) is 0 Å². The fourth-order valence-corrected chi connectivity index (χ4v) is 2.18. The van der Waals surface area contributed by atoms with Gasteiger partial charge in [0.25, 0.3) is 0 Å². The monoisotopic (exact) mass is 222 g/mol. The molecular weight excluding hydrogens is 204 g/mol. The van der Waals surface area contributed by atoms with Gasteiger partial charge in [0.2, 0.25) is 5.69 Å². The van der Waals surface area contributed by atoms with Crippen molar-refractivity contribution in [2.24, 2.45) is 0 Å². The van der Waals surface area contributed by atoms with Crippen molar-refractivity contribution in [1.29, 1.82) is 0 Å². The first-order valence-corrected chi connectivity index (χ1v) is 5.86. The lowest BCUT2D eigenvalue weighted by molar-refractivity contribution is -0.618. The Kier molecular flexibility index (Phi) is 3.74. The largest absolute Gasteiger partial charge is 0.618 e.